The number of carbonyl (C=O) groups excluding carboxylic acids is 2. The van der Waals surface area contributed by atoms with E-state index in [0.717, 1.165) is 0 Å². The molecule has 2 fully saturated rings. The molecule has 4 rings (SSSR count). The summed E-state index contributed by atoms with van der Waals surface area (Å²) in [7, 11) is 1.57. The summed E-state index contributed by atoms with van der Waals surface area (Å²) in [6.07, 6.45) is 2.99. The first-order chi connectivity index (χ1) is 10.6. The van der Waals surface area contributed by atoms with Gasteiger partial charge in [0, 0.05) is 17.6 Å². The zero-order valence-corrected chi connectivity index (χ0v) is 11.9. The molecule has 6 heteroatoms. The fourth-order valence-electron chi connectivity index (χ4n) is 3.75. The average Bonchev–Trinajstić information content (AvgIpc) is 3.15. The molecule has 0 N–H and O–H groups in total. The van der Waals surface area contributed by atoms with Crippen LogP contribution in [0.2, 0.25) is 0 Å². The first-order valence-electron chi connectivity index (χ1n) is 7.09. The van der Waals surface area contributed by atoms with E-state index in [9.17, 15) is 14.7 Å². The number of nitrogens with zero attached hydrogens (tertiary/aromatic N) is 1. The fraction of sp³-hybridized carbons (Fsp3) is 0.375. The Bertz CT molecular complexity index is 682. The topological polar surface area (TPSA) is 78.9 Å². The Balaban J connectivity index is 1.70. The standard InChI is InChI=1S/C16H15NO5/c1-21-10-4-2-9(3-5-10)17-8-16-7-6-11(22-16)12(15(19)20)13(16)14(17)18/h2-7,11-13H,8H2,1H3,(H,19,20)/p-1/t11-,12+,13+,16-/m1/s1. The van der Waals surface area contributed by atoms with Crippen LogP contribution in [0.1, 0.15) is 0 Å². The molecule has 22 heavy (non-hydrogen) atoms. The number of hydrogen-bond donors (Lipinski definition) is 0. The minimum Gasteiger partial charge on any atom is -0.550 e. The Kier molecular flexibility index (Phi) is 2.62. The van der Waals surface area contributed by atoms with Crippen LogP contribution in [0.15, 0.2) is 36.4 Å². The van der Waals surface area contributed by atoms with Crippen LogP contribution in [0.4, 0.5) is 5.69 Å². The third kappa shape index (κ3) is 1.58. The Hall–Kier alpha value is -2.34. The number of ether oxygens (including phenoxy) is 2. The minimum atomic E-state index is -1.23. The lowest BCUT2D eigenvalue weighted by Crippen LogP contribution is -2.45. The van der Waals surface area contributed by atoms with E-state index < -0.39 is 29.5 Å². The summed E-state index contributed by atoms with van der Waals surface area (Å²) in [5.41, 5.74) is -0.140. The molecule has 0 radical (unpaired) electrons. The predicted octanol–water partition coefficient (Wildman–Crippen LogP) is -0.269. The fourth-order valence-corrected chi connectivity index (χ4v) is 3.75. The van der Waals surface area contributed by atoms with Crippen molar-refractivity contribution in [2.75, 3.05) is 18.6 Å². The molecule has 1 aromatic rings. The molecule has 114 valence electrons. The number of amides is 1. The summed E-state index contributed by atoms with van der Waals surface area (Å²) in [4.78, 5) is 25.7. The minimum absolute atomic E-state index is 0.230. The summed E-state index contributed by atoms with van der Waals surface area (Å²) >= 11 is 0. The van der Waals surface area contributed by atoms with E-state index >= 15 is 0 Å². The maximum atomic E-state index is 12.7. The number of rotatable bonds is 3. The Morgan fingerprint density at radius 2 is 2.14 bits per heavy atom. The highest BCUT2D eigenvalue weighted by atomic mass is 16.5. The van der Waals surface area contributed by atoms with E-state index in [0.29, 0.717) is 18.0 Å². The molecule has 1 amide bonds. The van der Waals surface area contributed by atoms with Gasteiger partial charge < -0.3 is 24.3 Å². The normalized spacial score (nSPS) is 35.0. The van der Waals surface area contributed by atoms with Gasteiger partial charge in [0.2, 0.25) is 5.91 Å². The number of carboxylic acid groups (broad SMARTS) is 1. The van der Waals surface area contributed by atoms with Gasteiger partial charge in [-0.3, -0.25) is 4.79 Å². The summed E-state index contributed by atoms with van der Waals surface area (Å²) in [6, 6.07) is 7.08. The number of hydrogen-bond acceptors (Lipinski definition) is 5. The van der Waals surface area contributed by atoms with Crippen molar-refractivity contribution in [2.24, 2.45) is 11.8 Å². The van der Waals surface area contributed by atoms with Crippen LogP contribution < -0.4 is 14.7 Å². The Labute approximate surface area is 126 Å². The molecule has 0 aromatic heterocycles. The molecule has 4 atom stereocenters. The monoisotopic (exact) mass is 300 g/mol. The number of methoxy groups -OCH3 is 1. The van der Waals surface area contributed by atoms with Gasteiger partial charge in [-0.2, -0.15) is 0 Å². The van der Waals surface area contributed by atoms with Crippen LogP contribution in [0.25, 0.3) is 0 Å². The van der Waals surface area contributed by atoms with Gasteiger partial charge in [-0.05, 0) is 24.3 Å². The smallest absolute Gasteiger partial charge is 0.234 e. The maximum Gasteiger partial charge on any atom is 0.234 e. The highest BCUT2D eigenvalue weighted by molar-refractivity contribution is 6.02. The summed E-state index contributed by atoms with van der Waals surface area (Å²) < 4.78 is 10.9. The van der Waals surface area contributed by atoms with Gasteiger partial charge in [0.15, 0.2) is 0 Å². The van der Waals surface area contributed by atoms with Gasteiger partial charge >= 0.3 is 0 Å². The lowest BCUT2D eigenvalue weighted by atomic mass is 9.77. The van der Waals surface area contributed by atoms with E-state index in [-0.39, 0.29) is 5.91 Å². The second-order valence-corrected chi connectivity index (χ2v) is 5.84. The van der Waals surface area contributed by atoms with E-state index in [1.54, 1.807) is 42.4 Å². The van der Waals surface area contributed by atoms with Crippen LogP contribution in [0, 0.1) is 11.8 Å². The van der Waals surface area contributed by atoms with Crippen molar-refractivity contribution < 1.29 is 24.2 Å². The first-order valence-corrected chi connectivity index (χ1v) is 7.09. The number of fused-ring (bicyclic) bond motifs is 1. The Morgan fingerprint density at radius 1 is 1.41 bits per heavy atom. The summed E-state index contributed by atoms with van der Waals surface area (Å²) in [6.45, 7) is 0.319. The summed E-state index contributed by atoms with van der Waals surface area (Å²) in [5, 5.41) is 11.4. The molecule has 0 unspecified atom stereocenters. The molecule has 2 bridgehead atoms. The second kappa shape index (κ2) is 4.33. The van der Waals surface area contributed by atoms with Crippen molar-refractivity contribution in [3.8, 4) is 5.75 Å². The van der Waals surface area contributed by atoms with E-state index in [2.05, 4.69) is 0 Å². The lowest BCUT2D eigenvalue weighted by Gasteiger charge is -2.24. The van der Waals surface area contributed by atoms with Crippen LogP contribution in [-0.2, 0) is 14.3 Å². The molecule has 6 nitrogen and oxygen atoms in total. The summed E-state index contributed by atoms with van der Waals surface area (Å²) in [5.74, 6) is -2.40. The molecule has 3 aliphatic heterocycles. The van der Waals surface area contributed by atoms with Gasteiger partial charge in [0.25, 0.3) is 0 Å². The zero-order chi connectivity index (χ0) is 15.5. The van der Waals surface area contributed by atoms with E-state index in [1.165, 1.54) is 0 Å². The molecule has 2 saturated heterocycles. The molecular formula is C16H14NO5-. The number of carbonyl (C=O) groups is 2. The maximum absolute atomic E-state index is 12.7. The van der Waals surface area contributed by atoms with Gasteiger partial charge in [0.1, 0.15) is 11.4 Å². The molecule has 1 aromatic carbocycles. The molecular weight excluding hydrogens is 286 g/mol. The highest BCUT2D eigenvalue weighted by Crippen LogP contribution is 2.52. The van der Waals surface area contributed by atoms with Crippen molar-refractivity contribution in [3.63, 3.8) is 0 Å². The highest BCUT2D eigenvalue weighted by Gasteiger charge is 2.65. The van der Waals surface area contributed by atoms with Crippen molar-refractivity contribution in [3.05, 3.63) is 36.4 Å². The van der Waals surface area contributed by atoms with Gasteiger partial charge in [-0.25, -0.2) is 0 Å². The number of benzene rings is 1. The first kappa shape index (κ1) is 13.3. The predicted molar refractivity (Wildman–Crippen MR) is 74.1 cm³/mol. The number of carboxylic acids is 1. The zero-order valence-electron chi connectivity index (χ0n) is 11.9. The van der Waals surface area contributed by atoms with Gasteiger partial charge in [-0.15, -0.1) is 0 Å². The van der Waals surface area contributed by atoms with Crippen LogP contribution in [-0.4, -0.2) is 37.2 Å². The van der Waals surface area contributed by atoms with Gasteiger partial charge in [0.05, 0.1) is 25.7 Å². The molecule has 0 saturated carbocycles. The van der Waals surface area contributed by atoms with Crippen molar-refractivity contribution in [2.45, 2.75) is 11.7 Å². The van der Waals surface area contributed by atoms with Crippen molar-refractivity contribution in [1.29, 1.82) is 0 Å². The van der Waals surface area contributed by atoms with Crippen LogP contribution in [0.5, 0.6) is 5.75 Å². The third-order valence-corrected chi connectivity index (χ3v) is 4.76. The van der Waals surface area contributed by atoms with Crippen molar-refractivity contribution in [1.82, 2.24) is 0 Å². The number of anilines is 1. The Morgan fingerprint density at radius 3 is 2.77 bits per heavy atom. The second-order valence-electron chi connectivity index (χ2n) is 5.84. The average molecular weight is 300 g/mol. The van der Waals surface area contributed by atoms with Crippen LogP contribution >= 0.6 is 0 Å². The van der Waals surface area contributed by atoms with E-state index in [4.69, 9.17) is 9.47 Å². The molecule has 1 spiro atoms. The lowest BCUT2D eigenvalue weighted by molar-refractivity contribution is -0.313. The largest absolute Gasteiger partial charge is 0.550 e. The molecule has 3 aliphatic rings. The quantitative estimate of drug-likeness (QED) is 0.718. The van der Waals surface area contributed by atoms with Gasteiger partial charge in [-0.1, -0.05) is 12.2 Å². The molecule has 0 aliphatic carbocycles. The SMILES string of the molecule is COc1ccc(N2C[C@@]34C=C[C@@H](O3)[C@H](C(=O)[O-])[C@H]4C2=O)cc1. The molecule has 3 heterocycles. The number of aliphatic carboxylic acids is 1. The van der Waals surface area contributed by atoms with E-state index in [1.807, 2.05) is 6.08 Å². The van der Waals surface area contributed by atoms with Crippen molar-refractivity contribution >= 4 is 17.6 Å². The van der Waals surface area contributed by atoms with Crippen LogP contribution in [0.3, 0.4) is 0 Å². The third-order valence-electron chi connectivity index (χ3n) is 4.76.